The van der Waals surface area contributed by atoms with Gasteiger partial charge < -0.3 is 0 Å². The smallest absolute Gasteiger partial charge is 0.297 e. The quantitative estimate of drug-likeness (QED) is 0.856. The monoisotopic (exact) mass is 296 g/mol. The van der Waals surface area contributed by atoms with Crippen molar-refractivity contribution < 1.29 is 18.0 Å². The zero-order valence-corrected chi connectivity index (χ0v) is 11.3. The van der Waals surface area contributed by atoms with E-state index in [4.69, 9.17) is 0 Å². The number of Topliss-reactive ketones (excluding diaryl/α,β-unsaturated/α-hetero) is 1. The molecule has 2 rings (SSSR count). The van der Waals surface area contributed by atoms with Gasteiger partial charge in [-0.15, -0.1) is 0 Å². The Labute approximate surface area is 120 Å². The normalized spacial score (nSPS) is 24.1. The molecule has 1 saturated carbocycles. The number of hydrogen-bond acceptors (Lipinski definition) is 3. The fourth-order valence-corrected chi connectivity index (χ4v) is 2.80. The summed E-state index contributed by atoms with van der Waals surface area (Å²) in [5, 5.41) is 9.17. The second-order valence-electron chi connectivity index (χ2n) is 5.32. The molecule has 0 saturated heterocycles. The average molecular weight is 296 g/mol. The van der Waals surface area contributed by atoms with Gasteiger partial charge in [-0.2, -0.15) is 18.4 Å². The van der Waals surface area contributed by atoms with Crippen LogP contribution in [0, 0.1) is 23.2 Å². The molecule has 3 unspecified atom stereocenters. The number of nitrogens with zero attached hydrogens (tertiary/aromatic N) is 2. The van der Waals surface area contributed by atoms with Crippen LogP contribution in [0.3, 0.4) is 0 Å². The molecule has 3 nitrogen and oxygen atoms in total. The van der Waals surface area contributed by atoms with Crippen LogP contribution in [0.15, 0.2) is 24.4 Å². The lowest BCUT2D eigenvalue weighted by Gasteiger charge is -2.30. The highest BCUT2D eigenvalue weighted by Crippen LogP contribution is 2.41. The first-order valence-corrected chi connectivity index (χ1v) is 6.84. The maximum Gasteiger partial charge on any atom is 0.391 e. The molecule has 0 spiro atoms. The minimum atomic E-state index is -4.27. The summed E-state index contributed by atoms with van der Waals surface area (Å²) in [5.74, 6) is -3.67. The Hall–Kier alpha value is -1.90. The zero-order chi connectivity index (χ0) is 15.5. The standard InChI is InChI=1S/C15H15F3N2O/c16-15(17,18)11-5-3-4-10(8-11)14(21)12(9-19)13-6-1-2-7-20-13/h1-2,6-7,10-12H,3-5,8H2. The van der Waals surface area contributed by atoms with Gasteiger partial charge in [0.05, 0.1) is 17.7 Å². The lowest BCUT2D eigenvalue weighted by atomic mass is 9.76. The summed E-state index contributed by atoms with van der Waals surface area (Å²) >= 11 is 0. The minimum Gasteiger partial charge on any atom is -0.297 e. The second kappa shape index (κ2) is 6.25. The zero-order valence-electron chi connectivity index (χ0n) is 11.3. The number of halogens is 3. The van der Waals surface area contributed by atoms with E-state index < -0.39 is 29.7 Å². The van der Waals surface area contributed by atoms with Gasteiger partial charge in [-0.3, -0.25) is 9.78 Å². The molecule has 0 N–H and O–H groups in total. The molecule has 0 amide bonds. The summed E-state index contributed by atoms with van der Waals surface area (Å²) in [7, 11) is 0. The molecule has 0 bridgehead atoms. The third-order valence-corrected chi connectivity index (χ3v) is 3.94. The third kappa shape index (κ3) is 3.60. The maximum absolute atomic E-state index is 12.8. The fraction of sp³-hybridized carbons (Fsp3) is 0.533. The van der Waals surface area contributed by atoms with Crippen molar-refractivity contribution in [2.45, 2.75) is 37.8 Å². The third-order valence-electron chi connectivity index (χ3n) is 3.94. The van der Waals surface area contributed by atoms with E-state index in [0.717, 1.165) is 0 Å². The number of alkyl halides is 3. The molecule has 112 valence electrons. The van der Waals surface area contributed by atoms with Crippen molar-refractivity contribution in [2.24, 2.45) is 11.8 Å². The van der Waals surface area contributed by atoms with E-state index in [-0.39, 0.29) is 12.8 Å². The van der Waals surface area contributed by atoms with Crippen molar-refractivity contribution in [3.63, 3.8) is 0 Å². The van der Waals surface area contributed by atoms with Gasteiger partial charge in [0, 0.05) is 12.1 Å². The predicted molar refractivity (Wildman–Crippen MR) is 69.1 cm³/mol. The number of nitriles is 1. The Morgan fingerprint density at radius 3 is 2.71 bits per heavy atom. The molecule has 1 aliphatic rings. The largest absolute Gasteiger partial charge is 0.391 e. The SMILES string of the molecule is N#CC(C(=O)C1CCCC(C(F)(F)F)C1)c1ccccn1. The molecule has 0 radical (unpaired) electrons. The maximum atomic E-state index is 12.8. The highest BCUT2D eigenvalue weighted by atomic mass is 19.4. The van der Waals surface area contributed by atoms with Crippen LogP contribution in [0.4, 0.5) is 13.2 Å². The lowest BCUT2D eigenvalue weighted by molar-refractivity contribution is -0.186. The first-order valence-electron chi connectivity index (χ1n) is 6.84. The van der Waals surface area contributed by atoms with Crippen molar-refractivity contribution in [2.75, 3.05) is 0 Å². The fourth-order valence-electron chi connectivity index (χ4n) is 2.80. The molecule has 1 aliphatic carbocycles. The van der Waals surface area contributed by atoms with Crippen LogP contribution < -0.4 is 0 Å². The number of pyridine rings is 1. The number of hydrogen-bond donors (Lipinski definition) is 0. The molecule has 1 heterocycles. The van der Waals surface area contributed by atoms with Crippen LogP contribution in [0.25, 0.3) is 0 Å². The molecule has 1 fully saturated rings. The summed E-state index contributed by atoms with van der Waals surface area (Å²) in [6, 6.07) is 6.73. The summed E-state index contributed by atoms with van der Waals surface area (Å²) in [6.45, 7) is 0. The lowest BCUT2D eigenvalue weighted by Crippen LogP contribution is -2.33. The molecule has 21 heavy (non-hydrogen) atoms. The van der Waals surface area contributed by atoms with Gasteiger partial charge in [-0.25, -0.2) is 0 Å². The summed E-state index contributed by atoms with van der Waals surface area (Å²) in [6.07, 6.45) is -2.18. The Morgan fingerprint density at radius 2 is 2.14 bits per heavy atom. The molecule has 1 aromatic heterocycles. The highest BCUT2D eigenvalue weighted by molar-refractivity contribution is 5.90. The average Bonchev–Trinajstić information content (AvgIpc) is 2.48. The Balaban J connectivity index is 2.13. The second-order valence-corrected chi connectivity index (χ2v) is 5.32. The number of aromatic nitrogens is 1. The molecule has 6 heteroatoms. The summed E-state index contributed by atoms with van der Waals surface area (Å²) in [4.78, 5) is 16.3. The molecule has 0 aliphatic heterocycles. The van der Waals surface area contributed by atoms with Crippen molar-refractivity contribution in [1.29, 1.82) is 5.26 Å². The summed E-state index contributed by atoms with van der Waals surface area (Å²) in [5.41, 5.74) is 0.305. The predicted octanol–water partition coefficient (Wildman–Crippen LogP) is 3.63. The first kappa shape index (κ1) is 15.5. The van der Waals surface area contributed by atoms with Crippen LogP contribution in [-0.2, 0) is 4.79 Å². The van der Waals surface area contributed by atoms with Crippen LogP contribution in [0.5, 0.6) is 0 Å². The van der Waals surface area contributed by atoms with Crippen molar-refractivity contribution in [3.8, 4) is 6.07 Å². The number of carbonyl (C=O) groups is 1. The van der Waals surface area contributed by atoms with E-state index in [1.54, 1.807) is 18.2 Å². The van der Waals surface area contributed by atoms with E-state index in [1.807, 2.05) is 6.07 Å². The van der Waals surface area contributed by atoms with Gasteiger partial charge in [-0.05, 0) is 31.4 Å². The first-order chi connectivity index (χ1) is 9.93. The van der Waals surface area contributed by atoms with Gasteiger partial charge in [0.15, 0.2) is 5.78 Å². The summed E-state index contributed by atoms with van der Waals surface area (Å²) < 4.78 is 38.4. The highest BCUT2D eigenvalue weighted by Gasteiger charge is 2.44. The van der Waals surface area contributed by atoms with Crippen LogP contribution in [-0.4, -0.2) is 16.9 Å². The van der Waals surface area contributed by atoms with Gasteiger partial charge in [0.1, 0.15) is 5.92 Å². The van der Waals surface area contributed by atoms with Crippen molar-refractivity contribution >= 4 is 5.78 Å². The van der Waals surface area contributed by atoms with Gasteiger partial charge in [0.2, 0.25) is 0 Å². The van der Waals surface area contributed by atoms with Gasteiger partial charge in [0.25, 0.3) is 0 Å². The number of rotatable bonds is 3. The van der Waals surface area contributed by atoms with Crippen LogP contribution in [0.2, 0.25) is 0 Å². The topological polar surface area (TPSA) is 53.8 Å². The molecular formula is C15H15F3N2O. The van der Waals surface area contributed by atoms with E-state index >= 15 is 0 Å². The molecule has 1 aromatic rings. The van der Waals surface area contributed by atoms with E-state index in [2.05, 4.69) is 4.98 Å². The van der Waals surface area contributed by atoms with E-state index in [9.17, 15) is 23.2 Å². The van der Waals surface area contributed by atoms with Crippen molar-refractivity contribution in [3.05, 3.63) is 30.1 Å². The Kier molecular flexibility index (Phi) is 4.61. The van der Waals surface area contributed by atoms with Crippen LogP contribution >= 0.6 is 0 Å². The number of carbonyl (C=O) groups excluding carboxylic acids is 1. The van der Waals surface area contributed by atoms with Crippen LogP contribution in [0.1, 0.15) is 37.3 Å². The van der Waals surface area contributed by atoms with Crippen molar-refractivity contribution in [1.82, 2.24) is 4.98 Å². The Bertz CT molecular complexity index is 536. The molecule has 0 aromatic carbocycles. The van der Waals surface area contributed by atoms with Gasteiger partial charge in [-0.1, -0.05) is 12.5 Å². The molecular weight excluding hydrogens is 281 g/mol. The van der Waals surface area contributed by atoms with E-state index in [0.29, 0.717) is 18.5 Å². The minimum absolute atomic E-state index is 0.0636. The Morgan fingerprint density at radius 1 is 1.38 bits per heavy atom. The number of ketones is 1. The van der Waals surface area contributed by atoms with Gasteiger partial charge >= 0.3 is 6.18 Å². The molecule has 3 atom stereocenters. The van der Waals surface area contributed by atoms with E-state index in [1.165, 1.54) is 6.20 Å².